The highest BCUT2D eigenvalue weighted by atomic mass is 16.3. The molecular weight excluding hydrogens is 250 g/mol. The third kappa shape index (κ3) is 2.72. The van der Waals surface area contributed by atoms with Crippen molar-refractivity contribution in [3.05, 3.63) is 35.6 Å². The molecule has 0 saturated heterocycles. The summed E-state index contributed by atoms with van der Waals surface area (Å²) in [6, 6.07) is 8.03. The molecule has 108 valence electrons. The van der Waals surface area contributed by atoms with Gasteiger partial charge in [-0.3, -0.25) is 4.79 Å². The van der Waals surface area contributed by atoms with Crippen molar-refractivity contribution in [2.24, 2.45) is 5.92 Å². The lowest BCUT2D eigenvalue weighted by atomic mass is 10.1. The normalized spacial score (nSPS) is 12.6. The van der Waals surface area contributed by atoms with Gasteiger partial charge in [-0.15, -0.1) is 0 Å². The Labute approximate surface area is 120 Å². The van der Waals surface area contributed by atoms with Gasteiger partial charge in [-0.05, 0) is 12.5 Å². The minimum Gasteiger partial charge on any atom is -0.461 e. The van der Waals surface area contributed by atoms with Gasteiger partial charge < -0.3 is 9.32 Å². The van der Waals surface area contributed by atoms with Crippen LogP contribution in [0.1, 0.15) is 38.5 Å². The zero-order valence-electron chi connectivity index (χ0n) is 12.8. The molecule has 1 aromatic heterocycles. The van der Waals surface area contributed by atoms with Gasteiger partial charge in [0.05, 0.1) is 0 Å². The Morgan fingerprint density at radius 2 is 2.00 bits per heavy atom. The summed E-state index contributed by atoms with van der Waals surface area (Å²) < 4.78 is 5.88. The summed E-state index contributed by atoms with van der Waals surface area (Å²) in [5, 5.41) is 1.12. The highest BCUT2D eigenvalue weighted by Gasteiger charge is 2.19. The largest absolute Gasteiger partial charge is 0.461 e. The topological polar surface area (TPSA) is 33.5 Å². The molecule has 1 heterocycles. The SMILES string of the molecule is CCc1oc2ccccc2c1CN(C)C(=O)C(C)CC. The maximum absolute atomic E-state index is 12.2. The van der Waals surface area contributed by atoms with Crippen molar-refractivity contribution in [1.29, 1.82) is 0 Å². The molecule has 1 unspecified atom stereocenters. The first-order valence-corrected chi connectivity index (χ1v) is 7.32. The molecule has 1 aromatic carbocycles. The second-order valence-electron chi connectivity index (χ2n) is 5.36. The monoisotopic (exact) mass is 273 g/mol. The molecule has 20 heavy (non-hydrogen) atoms. The van der Waals surface area contributed by atoms with Gasteiger partial charge in [0.2, 0.25) is 5.91 Å². The van der Waals surface area contributed by atoms with Crippen molar-refractivity contribution in [3.63, 3.8) is 0 Å². The predicted octanol–water partition coefficient (Wildman–Crippen LogP) is 4.00. The lowest BCUT2D eigenvalue weighted by Crippen LogP contribution is -2.31. The van der Waals surface area contributed by atoms with E-state index in [0.717, 1.165) is 35.1 Å². The van der Waals surface area contributed by atoms with Crippen LogP contribution in [0.2, 0.25) is 0 Å². The fraction of sp³-hybridized carbons (Fsp3) is 0.471. The van der Waals surface area contributed by atoms with E-state index in [-0.39, 0.29) is 11.8 Å². The van der Waals surface area contributed by atoms with Crippen LogP contribution in [-0.4, -0.2) is 17.9 Å². The number of carbonyl (C=O) groups excluding carboxylic acids is 1. The fourth-order valence-corrected chi connectivity index (χ4v) is 2.47. The first kappa shape index (κ1) is 14.6. The van der Waals surface area contributed by atoms with Crippen LogP contribution in [0.25, 0.3) is 11.0 Å². The number of furan rings is 1. The number of amides is 1. The molecule has 3 heteroatoms. The molecule has 0 aliphatic rings. The van der Waals surface area contributed by atoms with Gasteiger partial charge in [-0.25, -0.2) is 0 Å². The quantitative estimate of drug-likeness (QED) is 0.825. The van der Waals surface area contributed by atoms with Gasteiger partial charge in [0.1, 0.15) is 11.3 Å². The fourth-order valence-electron chi connectivity index (χ4n) is 2.47. The number of benzene rings is 1. The predicted molar refractivity (Wildman–Crippen MR) is 81.5 cm³/mol. The Hall–Kier alpha value is -1.77. The number of fused-ring (bicyclic) bond motifs is 1. The van der Waals surface area contributed by atoms with E-state index in [9.17, 15) is 4.79 Å². The first-order chi connectivity index (χ1) is 9.58. The number of para-hydroxylation sites is 1. The van der Waals surface area contributed by atoms with Crippen LogP contribution in [-0.2, 0) is 17.8 Å². The van der Waals surface area contributed by atoms with Crippen LogP contribution in [0.4, 0.5) is 0 Å². The number of hydrogen-bond donors (Lipinski definition) is 0. The van der Waals surface area contributed by atoms with Crippen LogP contribution in [0, 0.1) is 5.92 Å². The summed E-state index contributed by atoms with van der Waals surface area (Å²) in [5.41, 5.74) is 2.05. The van der Waals surface area contributed by atoms with E-state index in [4.69, 9.17) is 4.42 Å². The number of nitrogens with zero attached hydrogens (tertiary/aromatic N) is 1. The average Bonchev–Trinajstić information content (AvgIpc) is 2.83. The minimum absolute atomic E-state index is 0.0724. The highest BCUT2D eigenvalue weighted by molar-refractivity contribution is 5.83. The number of aryl methyl sites for hydroxylation is 1. The lowest BCUT2D eigenvalue weighted by Gasteiger charge is -2.20. The van der Waals surface area contributed by atoms with Crippen LogP contribution in [0.3, 0.4) is 0 Å². The molecule has 3 nitrogen and oxygen atoms in total. The number of carbonyl (C=O) groups is 1. The maximum Gasteiger partial charge on any atom is 0.225 e. The van der Waals surface area contributed by atoms with Crippen LogP contribution in [0.5, 0.6) is 0 Å². The second kappa shape index (κ2) is 6.12. The van der Waals surface area contributed by atoms with E-state index in [1.54, 1.807) is 0 Å². The number of rotatable bonds is 5. The van der Waals surface area contributed by atoms with Crippen molar-refractivity contribution < 1.29 is 9.21 Å². The maximum atomic E-state index is 12.2. The molecule has 0 aliphatic carbocycles. The Balaban J connectivity index is 2.31. The Morgan fingerprint density at radius 3 is 2.65 bits per heavy atom. The third-order valence-electron chi connectivity index (χ3n) is 3.91. The summed E-state index contributed by atoms with van der Waals surface area (Å²) >= 11 is 0. The Kier molecular flexibility index (Phi) is 4.48. The molecule has 1 amide bonds. The van der Waals surface area contributed by atoms with E-state index in [1.807, 2.05) is 44.0 Å². The molecule has 0 saturated carbocycles. The van der Waals surface area contributed by atoms with Crippen molar-refractivity contribution in [2.75, 3.05) is 7.05 Å². The lowest BCUT2D eigenvalue weighted by molar-refractivity contribution is -0.134. The summed E-state index contributed by atoms with van der Waals surface area (Å²) in [4.78, 5) is 14.0. The Morgan fingerprint density at radius 1 is 1.30 bits per heavy atom. The molecule has 0 spiro atoms. The summed E-state index contributed by atoms with van der Waals surface area (Å²) in [6.45, 7) is 6.72. The molecule has 2 rings (SSSR count). The third-order valence-corrected chi connectivity index (χ3v) is 3.91. The van der Waals surface area contributed by atoms with Crippen molar-refractivity contribution >= 4 is 16.9 Å². The van der Waals surface area contributed by atoms with Gasteiger partial charge >= 0.3 is 0 Å². The molecule has 0 bridgehead atoms. The summed E-state index contributed by atoms with van der Waals surface area (Å²) in [6.07, 6.45) is 1.71. The van der Waals surface area contributed by atoms with E-state index in [2.05, 4.69) is 13.0 Å². The summed E-state index contributed by atoms with van der Waals surface area (Å²) in [7, 11) is 1.87. The first-order valence-electron chi connectivity index (χ1n) is 7.32. The molecule has 0 N–H and O–H groups in total. The van der Waals surface area contributed by atoms with Gasteiger partial charge in [-0.2, -0.15) is 0 Å². The van der Waals surface area contributed by atoms with E-state index >= 15 is 0 Å². The van der Waals surface area contributed by atoms with Gasteiger partial charge in [0.25, 0.3) is 0 Å². The van der Waals surface area contributed by atoms with E-state index in [0.29, 0.717) is 6.54 Å². The van der Waals surface area contributed by atoms with E-state index < -0.39 is 0 Å². The molecule has 2 aromatic rings. The van der Waals surface area contributed by atoms with Crippen molar-refractivity contribution in [2.45, 2.75) is 40.2 Å². The number of hydrogen-bond acceptors (Lipinski definition) is 2. The van der Waals surface area contributed by atoms with Crippen molar-refractivity contribution in [1.82, 2.24) is 4.90 Å². The zero-order valence-corrected chi connectivity index (χ0v) is 12.8. The smallest absolute Gasteiger partial charge is 0.225 e. The highest BCUT2D eigenvalue weighted by Crippen LogP contribution is 2.27. The van der Waals surface area contributed by atoms with Gasteiger partial charge in [-0.1, -0.05) is 39.0 Å². The molecule has 1 atom stereocenters. The second-order valence-corrected chi connectivity index (χ2v) is 5.36. The van der Waals surface area contributed by atoms with Crippen LogP contribution < -0.4 is 0 Å². The molecule has 0 radical (unpaired) electrons. The van der Waals surface area contributed by atoms with E-state index in [1.165, 1.54) is 0 Å². The van der Waals surface area contributed by atoms with Crippen LogP contribution in [0.15, 0.2) is 28.7 Å². The summed E-state index contributed by atoms with van der Waals surface area (Å²) in [5.74, 6) is 1.25. The van der Waals surface area contributed by atoms with Gasteiger partial charge in [0.15, 0.2) is 0 Å². The molecular formula is C17H23NO2. The van der Waals surface area contributed by atoms with Crippen LogP contribution >= 0.6 is 0 Å². The zero-order chi connectivity index (χ0) is 14.7. The average molecular weight is 273 g/mol. The standard InChI is InChI=1S/C17H23NO2/c1-5-12(3)17(19)18(4)11-14-13-9-7-8-10-16(13)20-15(14)6-2/h7-10,12H,5-6,11H2,1-4H3. The molecule has 0 aliphatic heterocycles. The minimum atomic E-state index is 0.0724. The Bertz CT molecular complexity index is 600. The van der Waals surface area contributed by atoms with Gasteiger partial charge in [0, 0.05) is 36.9 Å². The molecule has 0 fully saturated rings. The van der Waals surface area contributed by atoms with Crippen molar-refractivity contribution in [3.8, 4) is 0 Å².